The second kappa shape index (κ2) is 6.75. The molecule has 0 atom stereocenters. The van der Waals surface area contributed by atoms with E-state index in [2.05, 4.69) is 9.97 Å². The highest BCUT2D eigenvalue weighted by Crippen LogP contribution is 2.22. The van der Waals surface area contributed by atoms with E-state index in [0.29, 0.717) is 11.7 Å². The van der Waals surface area contributed by atoms with Crippen LogP contribution in [0.15, 0.2) is 40.1 Å². The molecule has 0 bridgehead atoms. The molecule has 0 amide bonds. The molecule has 0 N–H and O–H groups in total. The molecular formula is C17H16N2O3S. The number of hydrogen-bond acceptors (Lipinski definition) is 6. The molecule has 3 rings (SSSR count). The molecular weight excluding hydrogens is 312 g/mol. The minimum Gasteiger partial charge on any atom is -0.454 e. The number of carbonyl (C=O) groups is 1. The molecule has 3 aromatic rings. The Labute approximate surface area is 138 Å². The summed E-state index contributed by atoms with van der Waals surface area (Å²) in [6, 6.07) is 9.44. The molecule has 0 radical (unpaired) electrons. The van der Waals surface area contributed by atoms with Gasteiger partial charge in [-0.15, -0.1) is 11.3 Å². The van der Waals surface area contributed by atoms with Gasteiger partial charge in [-0.1, -0.05) is 25.1 Å². The van der Waals surface area contributed by atoms with E-state index >= 15 is 0 Å². The SMILES string of the molecule is CCc1nc(COC(=O)c2nc(-c3ccccc3)oc2C)cs1. The number of aromatic nitrogens is 2. The zero-order chi connectivity index (χ0) is 16.2. The Bertz CT molecular complexity index is 808. The fraction of sp³-hybridized carbons (Fsp3) is 0.235. The molecule has 2 heterocycles. The van der Waals surface area contributed by atoms with Gasteiger partial charge in [-0.05, 0) is 25.5 Å². The van der Waals surface area contributed by atoms with Crippen molar-refractivity contribution in [1.82, 2.24) is 9.97 Å². The number of nitrogens with zero attached hydrogens (tertiary/aromatic N) is 2. The highest BCUT2D eigenvalue weighted by molar-refractivity contribution is 7.09. The molecule has 0 saturated heterocycles. The Morgan fingerprint density at radius 1 is 1.26 bits per heavy atom. The summed E-state index contributed by atoms with van der Waals surface area (Å²) in [5.41, 5.74) is 1.78. The lowest BCUT2D eigenvalue weighted by Crippen LogP contribution is -2.07. The molecule has 0 aliphatic heterocycles. The molecule has 0 unspecified atom stereocenters. The third-order valence-electron chi connectivity index (χ3n) is 3.26. The zero-order valence-corrected chi connectivity index (χ0v) is 13.7. The number of ether oxygens (including phenoxy) is 1. The molecule has 6 heteroatoms. The van der Waals surface area contributed by atoms with Gasteiger partial charge in [0.25, 0.3) is 0 Å². The van der Waals surface area contributed by atoms with E-state index < -0.39 is 5.97 Å². The van der Waals surface area contributed by atoms with Crippen molar-refractivity contribution in [3.63, 3.8) is 0 Å². The normalized spacial score (nSPS) is 10.7. The summed E-state index contributed by atoms with van der Waals surface area (Å²) in [5.74, 6) is 0.359. The smallest absolute Gasteiger partial charge is 0.361 e. The maximum absolute atomic E-state index is 12.2. The molecule has 0 saturated carbocycles. The van der Waals surface area contributed by atoms with Crippen molar-refractivity contribution in [1.29, 1.82) is 0 Å². The van der Waals surface area contributed by atoms with Gasteiger partial charge in [0.2, 0.25) is 5.89 Å². The van der Waals surface area contributed by atoms with Gasteiger partial charge in [0.15, 0.2) is 5.69 Å². The topological polar surface area (TPSA) is 65.2 Å². The molecule has 0 aliphatic rings. The number of benzene rings is 1. The minimum absolute atomic E-state index is 0.141. The van der Waals surface area contributed by atoms with Crippen LogP contribution >= 0.6 is 11.3 Å². The van der Waals surface area contributed by atoms with Crippen LogP contribution in [0.4, 0.5) is 0 Å². The number of thiazole rings is 1. The van der Waals surface area contributed by atoms with Crippen molar-refractivity contribution in [3.05, 3.63) is 57.9 Å². The van der Waals surface area contributed by atoms with Gasteiger partial charge in [0.05, 0.1) is 10.7 Å². The fourth-order valence-corrected chi connectivity index (χ4v) is 2.80. The summed E-state index contributed by atoms with van der Waals surface area (Å²) in [5, 5.41) is 2.93. The van der Waals surface area contributed by atoms with Crippen LogP contribution in [0.25, 0.3) is 11.5 Å². The summed E-state index contributed by atoms with van der Waals surface area (Å²) < 4.78 is 10.9. The molecule has 0 spiro atoms. The number of carbonyl (C=O) groups excluding carboxylic acids is 1. The van der Waals surface area contributed by atoms with Crippen LogP contribution in [-0.2, 0) is 17.8 Å². The Balaban J connectivity index is 1.71. The van der Waals surface area contributed by atoms with Crippen LogP contribution in [0.2, 0.25) is 0 Å². The first-order chi connectivity index (χ1) is 11.2. The van der Waals surface area contributed by atoms with Crippen LogP contribution in [0.5, 0.6) is 0 Å². The third kappa shape index (κ3) is 3.48. The highest BCUT2D eigenvalue weighted by atomic mass is 32.1. The van der Waals surface area contributed by atoms with Crippen LogP contribution in [0.1, 0.15) is 33.9 Å². The number of oxazole rings is 1. The van der Waals surface area contributed by atoms with Crippen LogP contribution in [0, 0.1) is 6.92 Å². The van der Waals surface area contributed by atoms with Crippen molar-refractivity contribution >= 4 is 17.3 Å². The number of aryl methyl sites for hydroxylation is 2. The first kappa shape index (κ1) is 15.4. The van der Waals surface area contributed by atoms with Gasteiger partial charge in [0.1, 0.15) is 12.4 Å². The van der Waals surface area contributed by atoms with Crippen molar-refractivity contribution in [3.8, 4) is 11.5 Å². The molecule has 23 heavy (non-hydrogen) atoms. The van der Waals surface area contributed by atoms with Gasteiger partial charge in [0, 0.05) is 10.9 Å². The quantitative estimate of drug-likeness (QED) is 0.662. The van der Waals surface area contributed by atoms with Crippen LogP contribution in [0.3, 0.4) is 0 Å². The standard InChI is InChI=1S/C17H16N2O3S/c1-3-14-18-13(10-23-14)9-21-17(20)15-11(2)22-16(19-15)12-7-5-4-6-8-12/h4-8,10H,3,9H2,1-2H3. The molecule has 0 aliphatic carbocycles. The Hall–Kier alpha value is -2.47. The Kier molecular flexibility index (Phi) is 4.52. The van der Waals surface area contributed by atoms with E-state index in [4.69, 9.17) is 9.15 Å². The van der Waals surface area contributed by atoms with E-state index in [9.17, 15) is 4.79 Å². The Morgan fingerprint density at radius 3 is 2.74 bits per heavy atom. The lowest BCUT2D eigenvalue weighted by Gasteiger charge is -2.00. The van der Waals surface area contributed by atoms with E-state index in [-0.39, 0.29) is 12.3 Å². The third-order valence-corrected chi connectivity index (χ3v) is 4.31. The molecule has 5 nitrogen and oxygen atoms in total. The van der Waals surface area contributed by atoms with Crippen molar-refractivity contribution in [2.75, 3.05) is 0 Å². The predicted octanol–water partition coefficient (Wildman–Crippen LogP) is 4.03. The zero-order valence-electron chi connectivity index (χ0n) is 12.9. The number of rotatable bonds is 5. The minimum atomic E-state index is -0.500. The van der Waals surface area contributed by atoms with Gasteiger partial charge < -0.3 is 9.15 Å². The largest absolute Gasteiger partial charge is 0.454 e. The first-order valence-corrected chi connectivity index (χ1v) is 8.18. The van der Waals surface area contributed by atoms with Gasteiger partial charge >= 0.3 is 5.97 Å². The second-order valence-corrected chi connectivity index (χ2v) is 5.89. The summed E-state index contributed by atoms with van der Waals surface area (Å²) in [7, 11) is 0. The van der Waals surface area contributed by atoms with Crippen molar-refractivity contribution in [2.45, 2.75) is 26.9 Å². The average Bonchev–Trinajstić information content (AvgIpc) is 3.20. The van der Waals surface area contributed by atoms with Crippen molar-refractivity contribution < 1.29 is 13.9 Å². The fourth-order valence-electron chi connectivity index (χ4n) is 2.08. The van der Waals surface area contributed by atoms with E-state index in [1.54, 1.807) is 18.3 Å². The first-order valence-electron chi connectivity index (χ1n) is 7.30. The van der Waals surface area contributed by atoms with Crippen molar-refractivity contribution in [2.24, 2.45) is 0 Å². The summed E-state index contributed by atoms with van der Waals surface area (Å²) in [6.45, 7) is 3.88. The molecule has 0 fully saturated rings. The Morgan fingerprint density at radius 2 is 2.04 bits per heavy atom. The van der Waals surface area contributed by atoms with Gasteiger partial charge in [-0.3, -0.25) is 0 Å². The maximum Gasteiger partial charge on any atom is 0.361 e. The van der Waals surface area contributed by atoms with E-state index in [1.807, 2.05) is 42.6 Å². The van der Waals surface area contributed by atoms with E-state index in [0.717, 1.165) is 22.7 Å². The van der Waals surface area contributed by atoms with Gasteiger partial charge in [-0.25, -0.2) is 14.8 Å². The summed E-state index contributed by atoms with van der Waals surface area (Å²) >= 11 is 1.57. The maximum atomic E-state index is 12.2. The summed E-state index contributed by atoms with van der Waals surface area (Å²) in [6.07, 6.45) is 0.876. The van der Waals surface area contributed by atoms with E-state index in [1.165, 1.54) is 0 Å². The average molecular weight is 328 g/mol. The molecule has 1 aromatic carbocycles. The lowest BCUT2D eigenvalue weighted by atomic mass is 10.2. The van der Waals surface area contributed by atoms with Gasteiger partial charge in [-0.2, -0.15) is 0 Å². The number of esters is 1. The lowest BCUT2D eigenvalue weighted by molar-refractivity contribution is 0.0460. The van der Waals surface area contributed by atoms with Crippen LogP contribution in [-0.4, -0.2) is 15.9 Å². The monoisotopic (exact) mass is 328 g/mol. The predicted molar refractivity (Wildman–Crippen MR) is 87.3 cm³/mol. The highest BCUT2D eigenvalue weighted by Gasteiger charge is 2.19. The van der Waals surface area contributed by atoms with Crippen LogP contribution < -0.4 is 0 Å². The summed E-state index contributed by atoms with van der Waals surface area (Å²) in [4.78, 5) is 20.8. The molecule has 118 valence electrons. The second-order valence-electron chi connectivity index (χ2n) is 4.95. The molecule has 2 aromatic heterocycles. The number of hydrogen-bond donors (Lipinski definition) is 0.